The lowest BCUT2D eigenvalue weighted by Gasteiger charge is -2.16. The Labute approximate surface area is 163 Å². The number of hydrogen-bond acceptors (Lipinski definition) is 4. The van der Waals surface area contributed by atoms with Crippen molar-refractivity contribution in [2.24, 2.45) is 0 Å². The smallest absolute Gasteiger partial charge is 0.255 e. The Bertz CT molecular complexity index is 948. The predicted molar refractivity (Wildman–Crippen MR) is 104 cm³/mol. The summed E-state index contributed by atoms with van der Waals surface area (Å²) in [6.45, 7) is 5.77. The van der Waals surface area contributed by atoms with Crippen molar-refractivity contribution in [3.05, 3.63) is 82.5 Å². The topological polar surface area (TPSA) is 64.4 Å². The molecule has 0 radical (unpaired) electrons. The molecule has 0 saturated heterocycles. The van der Waals surface area contributed by atoms with Gasteiger partial charge in [0.1, 0.15) is 23.9 Å². The molecule has 0 fully saturated rings. The largest absolute Gasteiger partial charge is 0.488 e. The molecule has 1 unspecified atom stereocenters. The summed E-state index contributed by atoms with van der Waals surface area (Å²) in [5.74, 6) is 0.626. The van der Waals surface area contributed by atoms with Crippen molar-refractivity contribution in [3.8, 4) is 5.75 Å². The van der Waals surface area contributed by atoms with E-state index < -0.39 is 0 Å². The molecule has 0 bridgehead atoms. The minimum atomic E-state index is -0.271. The number of carbonyl (C=O) groups is 1. The zero-order chi connectivity index (χ0) is 20.1. The minimum absolute atomic E-state index is 0.236. The van der Waals surface area contributed by atoms with E-state index in [4.69, 9.17) is 9.26 Å². The maximum atomic E-state index is 13.8. The Morgan fingerprint density at radius 2 is 1.89 bits per heavy atom. The summed E-state index contributed by atoms with van der Waals surface area (Å²) >= 11 is 0. The highest BCUT2D eigenvalue weighted by atomic mass is 19.1. The molecule has 1 atom stereocenters. The molecule has 0 saturated carbocycles. The van der Waals surface area contributed by atoms with Gasteiger partial charge in [0, 0.05) is 6.04 Å². The van der Waals surface area contributed by atoms with Crippen LogP contribution in [-0.2, 0) is 13.0 Å². The molecule has 2 aromatic carbocycles. The molecule has 3 rings (SSSR count). The molecule has 28 heavy (non-hydrogen) atoms. The number of aromatic nitrogens is 1. The summed E-state index contributed by atoms with van der Waals surface area (Å²) in [4.78, 5) is 12.7. The SMILES string of the molecule is Cc1noc(C)c1COc1ccccc1C(=O)NC(C)Cc1ccccc1F. The number of hydrogen-bond donors (Lipinski definition) is 1. The second kappa shape index (κ2) is 8.69. The predicted octanol–water partition coefficient (Wildman–Crippen LogP) is 4.37. The summed E-state index contributed by atoms with van der Waals surface area (Å²) in [6.07, 6.45) is 0.403. The molecule has 1 heterocycles. The Morgan fingerprint density at radius 3 is 2.61 bits per heavy atom. The van der Waals surface area contributed by atoms with E-state index in [0.29, 0.717) is 29.1 Å². The van der Waals surface area contributed by atoms with E-state index in [2.05, 4.69) is 10.5 Å². The molecule has 146 valence electrons. The summed E-state index contributed by atoms with van der Waals surface area (Å²) in [6, 6.07) is 13.4. The Kier molecular flexibility index (Phi) is 6.09. The van der Waals surface area contributed by atoms with E-state index in [1.54, 1.807) is 36.4 Å². The standard InChI is InChI=1S/C22H23FN2O3/c1-14(12-17-8-4-6-10-20(17)23)24-22(26)18-9-5-7-11-21(18)27-13-19-15(2)25-28-16(19)3/h4-11,14H,12-13H2,1-3H3,(H,24,26). The van der Waals surface area contributed by atoms with Crippen LogP contribution in [0.15, 0.2) is 53.1 Å². The van der Waals surface area contributed by atoms with E-state index >= 15 is 0 Å². The van der Waals surface area contributed by atoms with Gasteiger partial charge in [-0.2, -0.15) is 0 Å². The normalized spacial score (nSPS) is 11.9. The summed E-state index contributed by atoms with van der Waals surface area (Å²) < 4.78 is 24.8. The third kappa shape index (κ3) is 4.57. The van der Waals surface area contributed by atoms with Crippen LogP contribution in [0, 0.1) is 19.7 Å². The van der Waals surface area contributed by atoms with E-state index in [1.807, 2.05) is 26.8 Å². The zero-order valence-electron chi connectivity index (χ0n) is 16.2. The van der Waals surface area contributed by atoms with Crippen molar-refractivity contribution in [2.75, 3.05) is 0 Å². The number of para-hydroxylation sites is 1. The van der Waals surface area contributed by atoms with Gasteiger partial charge in [-0.3, -0.25) is 4.79 Å². The van der Waals surface area contributed by atoms with Gasteiger partial charge in [0.2, 0.25) is 0 Å². The third-order valence-corrected chi connectivity index (χ3v) is 4.55. The number of aryl methyl sites for hydroxylation is 2. The molecule has 1 aromatic heterocycles. The van der Waals surface area contributed by atoms with Crippen molar-refractivity contribution in [1.29, 1.82) is 0 Å². The highest BCUT2D eigenvalue weighted by Gasteiger charge is 2.17. The van der Waals surface area contributed by atoms with Crippen molar-refractivity contribution < 1.29 is 18.4 Å². The van der Waals surface area contributed by atoms with Crippen LogP contribution in [0.5, 0.6) is 5.75 Å². The van der Waals surface area contributed by atoms with Gasteiger partial charge in [-0.05, 0) is 51.0 Å². The van der Waals surface area contributed by atoms with Gasteiger partial charge in [-0.1, -0.05) is 35.5 Å². The van der Waals surface area contributed by atoms with Crippen LogP contribution in [-0.4, -0.2) is 17.1 Å². The van der Waals surface area contributed by atoms with E-state index in [9.17, 15) is 9.18 Å². The molecule has 0 aliphatic heterocycles. The highest BCUT2D eigenvalue weighted by molar-refractivity contribution is 5.97. The molecule has 0 aliphatic rings. The Morgan fingerprint density at radius 1 is 1.18 bits per heavy atom. The van der Waals surface area contributed by atoms with Crippen molar-refractivity contribution in [3.63, 3.8) is 0 Å². The van der Waals surface area contributed by atoms with Gasteiger partial charge in [0.25, 0.3) is 5.91 Å². The van der Waals surface area contributed by atoms with Gasteiger partial charge in [-0.15, -0.1) is 0 Å². The first-order valence-electron chi connectivity index (χ1n) is 9.13. The lowest BCUT2D eigenvalue weighted by molar-refractivity contribution is 0.0935. The maximum Gasteiger partial charge on any atom is 0.255 e. The lowest BCUT2D eigenvalue weighted by atomic mass is 10.1. The number of rotatable bonds is 7. The first-order valence-corrected chi connectivity index (χ1v) is 9.13. The fraction of sp³-hybridized carbons (Fsp3) is 0.273. The summed E-state index contributed by atoms with van der Waals surface area (Å²) in [5, 5.41) is 6.82. The second-order valence-corrected chi connectivity index (χ2v) is 6.76. The van der Waals surface area contributed by atoms with Crippen LogP contribution >= 0.6 is 0 Å². The molecule has 3 aromatic rings. The van der Waals surface area contributed by atoms with Gasteiger partial charge in [0.05, 0.1) is 16.8 Å². The van der Waals surface area contributed by atoms with Crippen LogP contribution in [0.2, 0.25) is 0 Å². The molecule has 1 amide bonds. The van der Waals surface area contributed by atoms with Gasteiger partial charge < -0.3 is 14.6 Å². The number of halogens is 1. The van der Waals surface area contributed by atoms with Crippen LogP contribution < -0.4 is 10.1 Å². The highest BCUT2D eigenvalue weighted by Crippen LogP contribution is 2.22. The van der Waals surface area contributed by atoms with Gasteiger partial charge in [0.15, 0.2) is 0 Å². The number of carbonyl (C=O) groups excluding carboxylic acids is 1. The van der Waals surface area contributed by atoms with Crippen molar-refractivity contribution in [2.45, 2.75) is 39.8 Å². The monoisotopic (exact) mass is 382 g/mol. The van der Waals surface area contributed by atoms with Crippen LogP contribution in [0.1, 0.15) is 39.9 Å². The number of benzene rings is 2. The Hall–Kier alpha value is -3.15. The molecule has 6 heteroatoms. The van der Waals surface area contributed by atoms with E-state index in [0.717, 1.165) is 11.3 Å². The molecule has 5 nitrogen and oxygen atoms in total. The molecule has 1 N–H and O–H groups in total. The van der Waals surface area contributed by atoms with E-state index in [1.165, 1.54) is 6.07 Å². The molecular formula is C22H23FN2O3. The lowest BCUT2D eigenvalue weighted by Crippen LogP contribution is -2.34. The summed E-state index contributed by atoms with van der Waals surface area (Å²) in [7, 11) is 0. The quantitative estimate of drug-likeness (QED) is 0.659. The summed E-state index contributed by atoms with van der Waals surface area (Å²) in [5.41, 5.74) is 2.62. The van der Waals surface area contributed by atoms with E-state index in [-0.39, 0.29) is 24.4 Å². The van der Waals surface area contributed by atoms with Gasteiger partial charge >= 0.3 is 0 Å². The molecule has 0 aliphatic carbocycles. The van der Waals surface area contributed by atoms with Crippen molar-refractivity contribution >= 4 is 5.91 Å². The minimum Gasteiger partial charge on any atom is -0.488 e. The van der Waals surface area contributed by atoms with Crippen molar-refractivity contribution in [1.82, 2.24) is 10.5 Å². The first kappa shape index (κ1) is 19.6. The van der Waals surface area contributed by atoms with Crippen LogP contribution in [0.25, 0.3) is 0 Å². The Balaban J connectivity index is 1.67. The maximum absolute atomic E-state index is 13.8. The first-order chi connectivity index (χ1) is 13.5. The zero-order valence-corrected chi connectivity index (χ0v) is 16.2. The molecule has 0 spiro atoms. The number of amides is 1. The molecular weight excluding hydrogens is 359 g/mol. The number of nitrogens with zero attached hydrogens (tertiary/aromatic N) is 1. The fourth-order valence-corrected chi connectivity index (χ4v) is 2.98. The van der Waals surface area contributed by atoms with Crippen LogP contribution in [0.4, 0.5) is 4.39 Å². The third-order valence-electron chi connectivity index (χ3n) is 4.55. The van der Waals surface area contributed by atoms with Gasteiger partial charge in [-0.25, -0.2) is 4.39 Å². The number of ether oxygens (including phenoxy) is 1. The average molecular weight is 382 g/mol. The average Bonchev–Trinajstić information content (AvgIpc) is 3.00. The second-order valence-electron chi connectivity index (χ2n) is 6.76. The fourth-order valence-electron chi connectivity index (χ4n) is 2.98. The van der Waals surface area contributed by atoms with Crippen LogP contribution in [0.3, 0.4) is 0 Å². The number of nitrogens with one attached hydrogen (secondary N) is 1.